The van der Waals surface area contributed by atoms with E-state index >= 15 is 0 Å². The van der Waals surface area contributed by atoms with Crippen LogP contribution in [0, 0.1) is 0 Å². The molecule has 0 bridgehead atoms. The number of carbonyl (C=O) groups is 1. The number of nitrogens with one attached hydrogen (secondary N) is 1. The maximum Gasteiger partial charge on any atom is 0.258 e. The van der Waals surface area contributed by atoms with Crippen molar-refractivity contribution < 1.29 is 14.3 Å². The van der Waals surface area contributed by atoms with E-state index in [9.17, 15) is 4.79 Å². The van der Waals surface area contributed by atoms with Crippen molar-refractivity contribution in [1.82, 2.24) is 5.32 Å². The van der Waals surface area contributed by atoms with Gasteiger partial charge in [-0.1, -0.05) is 42.3 Å². The molecule has 0 saturated heterocycles. The van der Waals surface area contributed by atoms with Gasteiger partial charge in [-0.2, -0.15) is 0 Å². The highest BCUT2D eigenvalue weighted by Crippen LogP contribution is 2.27. The number of amides is 1. The Morgan fingerprint density at radius 2 is 1.88 bits per heavy atom. The van der Waals surface area contributed by atoms with Crippen molar-refractivity contribution in [1.29, 1.82) is 0 Å². The number of ether oxygens (including phenoxy) is 2. The zero-order valence-corrected chi connectivity index (χ0v) is 15.0. The summed E-state index contributed by atoms with van der Waals surface area (Å²) in [5.41, 5.74) is 1.01. The number of hydrogen-bond acceptors (Lipinski definition) is 3. The Bertz CT molecular complexity index is 689. The number of rotatable bonds is 7. The van der Waals surface area contributed by atoms with Crippen molar-refractivity contribution in [3.8, 4) is 11.5 Å². The van der Waals surface area contributed by atoms with Gasteiger partial charge in [0.25, 0.3) is 5.91 Å². The summed E-state index contributed by atoms with van der Waals surface area (Å²) in [7, 11) is 1.62. The van der Waals surface area contributed by atoms with Gasteiger partial charge >= 0.3 is 0 Å². The zero-order valence-electron chi connectivity index (χ0n) is 13.5. The van der Waals surface area contributed by atoms with Crippen molar-refractivity contribution >= 4 is 29.1 Å². The smallest absolute Gasteiger partial charge is 0.258 e. The van der Waals surface area contributed by atoms with Gasteiger partial charge in [-0.3, -0.25) is 4.79 Å². The van der Waals surface area contributed by atoms with Crippen LogP contribution in [0.1, 0.15) is 24.9 Å². The predicted octanol–water partition coefficient (Wildman–Crippen LogP) is 4.65. The molecule has 1 atom stereocenters. The topological polar surface area (TPSA) is 47.6 Å². The van der Waals surface area contributed by atoms with E-state index in [-0.39, 0.29) is 18.6 Å². The Morgan fingerprint density at radius 3 is 2.46 bits per heavy atom. The molecule has 0 unspecified atom stereocenters. The Labute approximate surface area is 151 Å². The maximum absolute atomic E-state index is 12.1. The van der Waals surface area contributed by atoms with E-state index in [2.05, 4.69) is 5.32 Å². The average molecular weight is 368 g/mol. The summed E-state index contributed by atoms with van der Waals surface area (Å²) in [6.45, 7) is 1.89. The maximum atomic E-state index is 12.1. The molecule has 0 saturated carbocycles. The highest BCUT2D eigenvalue weighted by molar-refractivity contribution is 6.35. The van der Waals surface area contributed by atoms with Crippen LogP contribution in [0.3, 0.4) is 0 Å². The third-order valence-corrected chi connectivity index (χ3v) is 4.04. The lowest BCUT2D eigenvalue weighted by molar-refractivity contribution is -0.123. The first kappa shape index (κ1) is 18.4. The second-order valence-corrected chi connectivity index (χ2v) is 6.01. The normalized spacial score (nSPS) is 11.7. The van der Waals surface area contributed by atoms with Crippen molar-refractivity contribution in [2.24, 2.45) is 0 Å². The molecule has 128 valence electrons. The first-order valence-electron chi connectivity index (χ1n) is 7.54. The van der Waals surface area contributed by atoms with Gasteiger partial charge < -0.3 is 14.8 Å². The molecule has 0 spiro atoms. The van der Waals surface area contributed by atoms with Gasteiger partial charge in [-0.25, -0.2) is 0 Å². The fourth-order valence-corrected chi connectivity index (χ4v) is 2.69. The number of methoxy groups -OCH3 is 1. The van der Waals surface area contributed by atoms with Crippen LogP contribution in [-0.4, -0.2) is 19.6 Å². The minimum absolute atomic E-state index is 0.0901. The highest BCUT2D eigenvalue weighted by atomic mass is 35.5. The summed E-state index contributed by atoms with van der Waals surface area (Å²) in [4.78, 5) is 12.1. The molecule has 6 heteroatoms. The molecule has 1 amide bonds. The number of carbonyl (C=O) groups excluding carboxylic acids is 1. The van der Waals surface area contributed by atoms with Crippen LogP contribution in [0.5, 0.6) is 11.5 Å². The lowest BCUT2D eigenvalue weighted by atomic mass is 10.0. The summed E-state index contributed by atoms with van der Waals surface area (Å²) in [6, 6.07) is 12.4. The van der Waals surface area contributed by atoms with E-state index in [0.29, 0.717) is 15.8 Å². The first-order valence-corrected chi connectivity index (χ1v) is 8.30. The third kappa shape index (κ3) is 5.05. The standard InChI is InChI=1S/C18H19Cl2NO3/c1-3-16(12-4-7-14(23-2)8-5-12)21-18(22)11-24-17-9-6-13(19)10-15(17)20/h4-10,16H,3,11H2,1-2H3,(H,21,22)/t16-/m1/s1. The van der Waals surface area contributed by atoms with Gasteiger partial charge in [-0.15, -0.1) is 0 Å². The molecule has 0 fully saturated rings. The molecule has 2 rings (SSSR count). The Morgan fingerprint density at radius 1 is 1.17 bits per heavy atom. The van der Waals surface area contributed by atoms with Gasteiger partial charge in [0.05, 0.1) is 18.2 Å². The van der Waals surface area contributed by atoms with Crippen molar-refractivity contribution in [2.45, 2.75) is 19.4 Å². The molecule has 0 aliphatic rings. The largest absolute Gasteiger partial charge is 0.497 e. The van der Waals surface area contributed by atoms with Crippen molar-refractivity contribution in [3.63, 3.8) is 0 Å². The molecule has 0 aliphatic heterocycles. The summed E-state index contributed by atoms with van der Waals surface area (Å²) < 4.78 is 10.6. The first-order chi connectivity index (χ1) is 11.5. The highest BCUT2D eigenvalue weighted by Gasteiger charge is 2.14. The van der Waals surface area contributed by atoms with Crippen molar-refractivity contribution in [3.05, 3.63) is 58.1 Å². The van der Waals surface area contributed by atoms with Gasteiger partial charge in [0.1, 0.15) is 11.5 Å². The molecule has 4 nitrogen and oxygen atoms in total. The molecular weight excluding hydrogens is 349 g/mol. The van der Waals surface area contributed by atoms with Crippen LogP contribution in [-0.2, 0) is 4.79 Å². The van der Waals surface area contributed by atoms with Gasteiger partial charge in [0.2, 0.25) is 0 Å². The quantitative estimate of drug-likeness (QED) is 0.774. The van der Waals surface area contributed by atoms with Crippen molar-refractivity contribution in [2.75, 3.05) is 13.7 Å². The van der Waals surface area contributed by atoms with E-state index in [0.717, 1.165) is 17.7 Å². The summed E-state index contributed by atoms with van der Waals surface area (Å²) >= 11 is 11.8. The molecule has 0 heterocycles. The molecular formula is C18H19Cl2NO3. The molecule has 0 aromatic heterocycles. The Balaban J connectivity index is 1.93. The van der Waals surface area contributed by atoms with Gasteiger partial charge in [0, 0.05) is 5.02 Å². The summed E-state index contributed by atoms with van der Waals surface area (Å²) in [5, 5.41) is 3.84. The average Bonchev–Trinajstić information content (AvgIpc) is 2.59. The Kier molecular flexibility index (Phi) is 6.76. The zero-order chi connectivity index (χ0) is 17.5. The predicted molar refractivity (Wildman–Crippen MR) is 96.1 cm³/mol. The molecule has 2 aromatic carbocycles. The summed E-state index contributed by atoms with van der Waals surface area (Å²) in [6.07, 6.45) is 0.764. The lowest BCUT2D eigenvalue weighted by Crippen LogP contribution is -2.32. The third-order valence-electron chi connectivity index (χ3n) is 3.51. The molecule has 24 heavy (non-hydrogen) atoms. The van der Waals surface area contributed by atoms with Crippen LogP contribution in [0.15, 0.2) is 42.5 Å². The fraction of sp³-hybridized carbons (Fsp3) is 0.278. The molecule has 0 radical (unpaired) electrons. The van der Waals surface area contributed by atoms with E-state index < -0.39 is 0 Å². The number of benzene rings is 2. The van der Waals surface area contributed by atoms with Crippen LogP contribution in [0.2, 0.25) is 10.0 Å². The fourth-order valence-electron chi connectivity index (χ4n) is 2.23. The minimum atomic E-state index is -0.219. The van der Waals surface area contributed by atoms with Gasteiger partial charge in [0.15, 0.2) is 6.61 Å². The molecule has 0 aliphatic carbocycles. The van der Waals surface area contributed by atoms with Crippen LogP contribution in [0.4, 0.5) is 0 Å². The molecule has 1 N–H and O–H groups in total. The van der Waals surface area contributed by atoms with E-state index in [1.165, 1.54) is 0 Å². The van der Waals surface area contributed by atoms with Crippen LogP contribution < -0.4 is 14.8 Å². The van der Waals surface area contributed by atoms with Crippen LogP contribution >= 0.6 is 23.2 Å². The molecule has 2 aromatic rings. The van der Waals surface area contributed by atoms with Crippen LogP contribution in [0.25, 0.3) is 0 Å². The van der Waals surface area contributed by atoms with Gasteiger partial charge in [-0.05, 0) is 42.3 Å². The van der Waals surface area contributed by atoms with E-state index in [1.807, 2.05) is 31.2 Å². The minimum Gasteiger partial charge on any atom is -0.497 e. The SMILES string of the molecule is CC[C@@H](NC(=O)COc1ccc(Cl)cc1Cl)c1ccc(OC)cc1. The Hall–Kier alpha value is -1.91. The second-order valence-electron chi connectivity index (χ2n) is 5.16. The number of hydrogen-bond donors (Lipinski definition) is 1. The lowest BCUT2D eigenvalue weighted by Gasteiger charge is -2.18. The monoisotopic (exact) mass is 367 g/mol. The summed E-state index contributed by atoms with van der Waals surface area (Å²) in [5.74, 6) is 0.984. The number of halogens is 2. The second kappa shape index (κ2) is 8.81. The van der Waals surface area contributed by atoms with E-state index in [4.69, 9.17) is 32.7 Å². The van der Waals surface area contributed by atoms with E-state index in [1.54, 1.807) is 25.3 Å².